The van der Waals surface area contributed by atoms with Crippen LogP contribution in [0.1, 0.15) is 31.7 Å². The Morgan fingerprint density at radius 1 is 1.41 bits per heavy atom. The van der Waals surface area contributed by atoms with Gasteiger partial charge in [-0.05, 0) is 59.8 Å². The summed E-state index contributed by atoms with van der Waals surface area (Å²) >= 11 is 3.51. The van der Waals surface area contributed by atoms with Crippen LogP contribution < -0.4 is 15.2 Å². The summed E-state index contributed by atoms with van der Waals surface area (Å²) < 4.78 is 11.8. The lowest BCUT2D eigenvalue weighted by atomic mass is 9.73. The van der Waals surface area contributed by atoms with Crippen LogP contribution in [0.15, 0.2) is 16.6 Å². The van der Waals surface area contributed by atoms with E-state index in [2.05, 4.69) is 15.9 Å². The molecule has 0 aliphatic heterocycles. The van der Waals surface area contributed by atoms with Crippen molar-refractivity contribution >= 4 is 15.9 Å². The van der Waals surface area contributed by atoms with Gasteiger partial charge in [0.1, 0.15) is 0 Å². The van der Waals surface area contributed by atoms with Gasteiger partial charge in [0.25, 0.3) is 0 Å². The van der Waals surface area contributed by atoms with E-state index in [1.165, 1.54) is 6.42 Å². The Balaban J connectivity index is 2.42. The SMILES string of the molecule is CCOc1cc(C2(N)CCC2)cc(Br)c1OC. The van der Waals surface area contributed by atoms with Crippen LogP contribution in [0.3, 0.4) is 0 Å². The quantitative estimate of drug-likeness (QED) is 0.928. The second kappa shape index (κ2) is 4.86. The second-order valence-electron chi connectivity index (χ2n) is 4.43. The number of hydrogen-bond donors (Lipinski definition) is 1. The first-order valence-corrected chi connectivity index (χ1v) is 6.69. The van der Waals surface area contributed by atoms with Gasteiger partial charge in [-0.25, -0.2) is 0 Å². The third-order valence-electron chi connectivity index (χ3n) is 3.33. The van der Waals surface area contributed by atoms with E-state index in [1.807, 2.05) is 19.1 Å². The predicted molar refractivity (Wildman–Crippen MR) is 71.6 cm³/mol. The van der Waals surface area contributed by atoms with Crippen LogP contribution in [-0.4, -0.2) is 13.7 Å². The molecule has 0 atom stereocenters. The van der Waals surface area contributed by atoms with E-state index in [0.717, 1.165) is 34.4 Å². The molecule has 1 aromatic carbocycles. The fourth-order valence-electron chi connectivity index (χ4n) is 2.16. The molecule has 0 radical (unpaired) electrons. The van der Waals surface area contributed by atoms with Gasteiger partial charge in [0.15, 0.2) is 11.5 Å². The van der Waals surface area contributed by atoms with Gasteiger partial charge in [0, 0.05) is 5.54 Å². The summed E-state index contributed by atoms with van der Waals surface area (Å²) in [5, 5.41) is 0. The molecule has 0 saturated heterocycles. The summed E-state index contributed by atoms with van der Waals surface area (Å²) in [6.07, 6.45) is 3.28. The monoisotopic (exact) mass is 299 g/mol. The Hall–Kier alpha value is -0.740. The zero-order chi connectivity index (χ0) is 12.5. The Morgan fingerprint density at radius 3 is 2.59 bits per heavy atom. The fourth-order valence-corrected chi connectivity index (χ4v) is 2.77. The molecule has 4 heteroatoms. The number of halogens is 1. The minimum absolute atomic E-state index is 0.180. The summed E-state index contributed by atoms with van der Waals surface area (Å²) in [7, 11) is 1.64. The Morgan fingerprint density at radius 2 is 2.12 bits per heavy atom. The van der Waals surface area contributed by atoms with E-state index < -0.39 is 0 Å². The Bertz CT molecular complexity index is 416. The number of ether oxygens (including phenoxy) is 2. The first-order valence-electron chi connectivity index (χ1n) is 5.90. The van der Waals surface area contributed by atoms with Gasteiger partial charge in [-0.3, -0.25) is 0 Å². The minimum Gasteiger partial charge on any atom is -0.492 e. The lowest BCUT2D eigenvalue weighted by molar-refractivity contribution is 0.250. The smallest absolute Gasteiger partial charge is 0.174 e. The van der Waals surface area contributed by atoms with Crippen molar-refractivity contribution in [1.29, 1.82) is 0 Å². The maximum atomic E-state index is 6.33. The van der Waals surface area contributed by atoms with Crippen molar-refractivity contribution in [2.24, 2.45) is 5.73 Å². The highest BCUT2D eigenvalue weighted by Crippen LogP contribution is 2.44. The van der Waals surface area contributed by atoms with Gasteiger partial charge >= 0.3 is 0 Å². The van der Waals surface area contributed by atoms with E-state index in [9.17, 15) is 0 Å². The number of nitrogens with two attached hydrogens (primary N) is 1. The molecule has 0 aromatic heterocycles. The second-order valence-corrected chi connectivity index (χ2v) is 5.29. The van der Waals surface area contributed by atoms with Crippen molar-refractivity contribution in [3.63, 3.8) is 0 Å². The highest BCUT2D eigenvalue weighted by Gasteiger charge is 2.35. The molecule has 1 aliphatic rings. The zero-order valence-electron chi connectivity index (χ0n) is 10.3. The van der Waals surface area contributed by atoms with Crippen LogP contribution in [0, 0.1) is 0 Å². The average Bonchev–Trinajstić information content (AvgIpc) is 2.26. The van der Waals surface area contributed by atoms with Crippen LogP contribution in [0.2, 0.25) is 0 Å². The van der Waals surface area contributed by atoms with Crippen molar-refractivity contribution in [2.45, 2.75) is 31.7 Å². The van der Waals surface area contributed by atoms with Crippen molar-refractivity contribution in [1.82, 2.24) is 0 Å². The molecular formula is C13H18BrNO2. The Labute approximate surface area is 110 Å². The van der Waals surface area contributed by atoms with Gasteiger partial charge in [0.2, 0.25) is 0 Å². The van der Waals surface area contributed by atoms with Gasteiger partial charge in [-0.15, -0.1) is 0 Å². The van der Waals surface area contributed by atoms with E-state index in [-0.39, 0.29) is 5.54 Å². The fraction of sp³-hybridized carbons (Fsp3) is 0.538. The van der Waals surface area contributed by atoms with E-state index in [1.54, 1.807) is 7.11 Å². The highest BCUT2D eigenvalue weighted by molar-refractivity contribution is 9.10. The molecule has 2 N–H and O–H groups in total. The van der Waals surface area contributed by atoms with Gasteiger partial charge in [-0.2, -0.15) is 0 Å². The first kappa shape index (κ1) is 12.7. The van der Waals surface area contributed by atoms with Gasteiger partial charge in [-0.1, -0.05) is 0 Å². The molecule has 17 heavy (non-hydrogen) atoms. The van der Waals surface area contributed by atoms with Crippen LogP contribution >= 0.6 is 15.9 Å². The maximum absolute atomic E-state index is 6.33. The molecule has 0 spiro atoms. The molecule has 2 rings (SSSR count). The molecule has 0 heterocycles. The number of benzene rings is 1. The lowest BCUT2D eigenvalue weighted by Crippen LogP contribution is -2.43. The van der Waals surface area contributed by atoms with Crippen LogP contribution in [0.4, 0.5) is 0 Å². The van der Waals surface area contributed by atoms with E-state index >= 15 is 0 Å². The molecule has 1 aromatic rings. The molecule has 1 aliphatic carbocycles. The highest BCUT2D eigenvalue weighted by atomic mass is 79.9. The zero-order valence-corrected chi connectivity index (χ0v) is 11.8. The molecule has 0 unspecified atom stereocenters. The number of hydrogen-bond acceptors (Lipinski definition) is 3. The number of methoxy groups -OCH3 is 1. The molecule has 94 valence electrons. The first-order chi connectivity index (χ1) is 8.10. The summed E-state index contributed by atoms with van der Waals surface area (Å²) in [6.45, 7) is 2.57. The molecule has 0 amide bonds. The van der Waals surface area contributed by atoms with Crippen LogP contribution in [-0.2, 0) is 5.54 Å². The molecule has 1 fully saturated rings. The van der Waals surface area contributed by atoms with Gasteiger partial charge in [0.05, 0.1) is 18.2 Å². The standard InChI is InChI=1S/C13H18BrNO2/c1-3-17-11-8-9(13(15)5-4-6-13)7-10(14)12(11)16-2/h7-8H,3-6,15H2,1-2H3. The minimum atomic E-state index is -0.180. The van der Waals surface area contributed by atoms with Crippen molar-refractivity contribution in [2.75, 3.05) is 13.7 Å². The normalized spacial score (nSPS) is 17.4. The third-order valence-corrected chi connectivity index (χ3v) is 3.92. The lowest BCUT2D eigenvalue weighted by Gasteiger charge is -2.39. The molecule has 1 saturated carbocycles. The molecule has 0 bridgehead atoms. The van der Waals surface area contributed by atoms with Crippen molar-refractivity contribution in [3.8, 4) is 11.5 Å². The maximum Gasteiger partial charge on any atom is 0.174 e. The van der Waals surface area contributed by atoms with E-state index in [4.69, 9.17) is 15.2 Å². The predicted octanol–water partition coefficient (Wildman–Crippen LogP) is 3.19. The summed E-state index contributed by atoms with van der Waals surface area (Å²) in [4.78, 5) is 0. The summed E-state index contributed by atoms with van der Waals surface area (Å²) in [5.41, 5.74) is 7.28. The summed E-state index contributed by atoms with van der Waals surface area (Å²) in [5.74, 6) is 1.50. The van der Waals surface area contributed by atoms with Crippen LogP contribution in [0.5, 0.6) is 11.5 Å². The van der Waals surface area contributed by atoms with E-state index in [0.29, 0.717) is 6.61 Å². The largest absolute Gasteiger partial charge is 0.492 e. The Kier molecular flexibility index (Phi) is 3.64. The van der Waals surface area contributed by atoms with Gasteiger partial charge < -0.3 is 15.2 Å². The van der Waals surface area contributed by atoms with Crippen LogP contribution in [0.25, 0.3) is 0 Å². The molecular weight excluding hydrogens is 282 g/mol. The van der Waals surface area contributed by atoms with Crippen molar-refractivity contribution in [3.05, 3.63) is 22.2 Å². The molecule has 3 nitrogen and oxygen atoms in total. The number of rotatable bonds is 4. The average molecular weight is 300 g/mol. The van der Waals surface area contributed by atoms with Crippen molar-refractivity contribution < 1.29 is 9.47 Å². The summed E-state index contributed by atoms with van der Waals surface area (Å²) in [6, 6.07) is 4.05. The topological polar surface area (TPSA) is 44.5 Å². The third kappa shape index (κ3) is 2.29.